The predicted octanol–water partition coefficient (Wildman–Crippen LogP) is 4.86. The Morgan fingerprint density at radius 2 is 2.05 bits per heavy atom. The molecule has 0 aliphatic heterocycles. The van der Waals surface area contributed by atoms with E-state index in [4.69, 9.17) is 0 Å². The van der Waals surface area contributed by atoms with Gasteiger partial charge < -0.3 is 5.32 Å². The van der Waals surface area contributed by atoms with E-state index in [-0.39, 0.29) is 0 Å². The van der Waals surface area contributed by atoms with Crippen LogP contribution in [0.3, 0.4) is 0 Å². The first-order chi connectivity index (χ1) is 10.0. The lowest BCUT2D eigenvalue weighted by Gasteiger charge is -2.40. The van der Waals surface area contributed by atoms with E-state index in [1.165, 1.54) is 35.7 Å². The Balaban J connectivity index is 1.71. The van der Waals surface area contributed by atoms with Crippen molar-refractivity contribution in [2.24, 2.45) is 16.7 Å². The average Bonchev–Trinajstić information content (AvgIpc) is 2.81. The van der Waals surface area contributed by atoms with Crippen LogP contribution < -0.4 is 5.32 Å². The molecule has 4 rings (SSSR count). The summed E-state index contributed by atoms with van der Waals surface area (Å²) in [5, 5.41) is 6.39. The Morgan fingerprint density at radius 1 is 1.19 bits per heavy atom. The molecule has 1 N–H and O–H groups in total. The molecule has 2 saturated carbocycles. The van der Waals surface area contributed by atoms with Crippen LogP contribution >= 0.6 is 0 Å². The Labute approximate surface area is 127 Å². The molecule has 2 aliphatic rings. The van der Waals surface area contributed by atoms with Crippen LogP contribution in [0.1, 0.15) is 40.0 Å². The molecule has 0 radical (unpaired) electrons. The van der Waals surface area contributed by atoms with Crippen molar-refractivity contribution in [1.29, 1.82) is 0 Å². The van der Waals surface area contributed by atoms with Gasteiger partial charge in [0.05, 0.1) is 0 Å². The normalized spacial score (nSPS) is 33.5. The van der Waals surface area contributed by atoms with E-state index in [0.29, 0.717) is 16.9 Å². The number of fused-ring (bicyclic) bond motifs is 3. The minimum absolute atomic E-state index is 0.410. The number of benzene rings is 1. The van der Waals surface area contributed by atoms with Crippen LogP contribution in [0.4, 0.5) is 5.69 Å². The Kier molecular flexibility index (Phi) is 2.64. The minimum Gasteiger partial charge on any atom is -0.381 e. The van der Waals surface area contributed by atoms with Gasteiger partial charge in [-0.05, 0) is 48.1 Å². The summed E-state index contributed by atoms with van der Waals surface area (Å²) >= 11 is 0. The first kappa shape index (κ1) is 13.1. The number of hydrogen-bond donors (Lipinski definition) is 1. The van der Waals surface area contributed by atoms with Gasteiger partial charge in [0, 0.05) is 34.9 Å². The zero-order valence-corrected chi connectivity index (χ0v) is 13.2. The van der Waals surface area contributed by atoms with Crippen LogP contribution in [0.2, 0.25) is 0 Å². The van der Waals surface area contributed by atoms with E-state index in [1.54, 1.807) is 0 Å². The Morgan fingerprint density at radius 3 is 2.76 bits per heavy atom. The van der Waals surface area contributed by atoms with E-state index in [0.717, 1.165) is 5.92 Å². The first-order valence-corrected chi connectivity index (χ1v) is 8.12. The first-order valence-electron chi connectivity index (χ1n) is 8.12. The fourth-order valence-corrected chi connectivity index (χ4v) is 4.86. The number of aromatic nitrogens is 1. The lowest BCUT2D eigenvalue weighted by molar-refractivity contribution is 0.142. The molecule has 2 bridgehead atoms. The van der Waals surface area contributed by atoms with Crippen LogP contribution in [-0.4, -0.2) is 11.0 Å². The summed E-state index contributed by atoms with van der Waals surface area (Å²) in [5.41, 5.74) is 2.13. The SMILES string of the molecule is CC1(C)C2CCC1(C)C(Nc1cccc3cnccc13)C2. The van der Waals surface area contributed by atoms with Crippen molar-refractivity contribution in [3.05, 3.63) is 36.7 Å². The average molecular weight is 280 g/mol. The molecule has 1 aromatic heterocycles. The fourth-order valence-electron chi connectivity index (χ4n) is 4.86. The summed E-state index contributed by atoms with van der Waals surface area (Å²) in [4.78, 5) is 4.23. The van der Waals surface area contributed by atoms with Gasteiger partial charge in [-0.2, -0.15) is 0 Å². The Hall–Kier alpha value is -1.57. The van der Waals surface area contributed by atoms with Crippen molar-refractivity contribution in [3.8, 4) is 0 Å². The van der Waals surface area contributed by atoms with Crippen LogP contribution in [0.25, 0.3) is 10.8 Å². The lowest BCUT2D eigenvalue weighted by Crippen LogP contribution is -2.40. The van der Waals surface area contributed by atoms with Crippen LogP contribution in [0.15, 0.2) is 36.7 Å². The number of hydrogen-bond acceptors (Lipinski definition) is 2. The molecule has 2 aliphatic carbocycles. The summed E-state index contributed by atoms with van der Waals surface area (Å²) in [6.45, 7) is 7.43. The van der Waals surface area contributed by atoms with E-state index >= 15 is 0 Å². The number of pyridine rings is 1. The van der Waals surface area contributed by atoms with Crippen LogP contribution in [0.5, 0.6) is 0 Å². The third-order valence-electron chi connectivity index (χ3n) is 6.80. The van der Waals surface area contributed by atoms with Crippen molar-refractivity contribution >= 4 is 16.5 Å². The summed E-state index contributed by atoms with van der Waals surface area (Å²) in [6, 6.07) is 9.20. The molecule has 1 aromatic carbocycles. The molecule has 0 amide bonds. The molecule has 21 heavy (non-hydrogen) atoms. The van der Waals surface area contributed by atoms with E-state index in [2.05, 4.69) is 55.3 Å². The van der Waals surface area contributed by atoms with Gasteiger partial charge in [0.1, 0.15) is 0 Å². The van der Waals surface area contributed by atoms with Crippen molar-refractivity contribution in [2.45, 2.75) is 46.1 Å². The van der Waals surface area contributed by atoms with Crippen molar-refractivity contribution in [1.82, 2.24) is 4.98 Å². The summed E-state index contributed by atoms with van der Waals surface area (Å²) in [6.07, 6.45) is 7.91. The second kappa shape index (κ2) is 4.22. The second-order valence-electron chi connectivity index (χ2n) is 7.71. The number of nitrogens with one attached hydrogen (secondary N) is 1. The molecule has 1 heterocycles. The highest BCUT2D eigenvalue weighted by molar-refractivity contribution is 5.93. The zero-order valence-electron chi connectivity index (χ0n) is 13.2. The largest absolute Gasteiger partial charge is 0.381 e. The van der Waals surface area contributed by atoms with Crippen molar-refractivity contribution in [3.63, 3.8) is 0 Å². The second-order valence-corrected chi connectivity index (χ2v) is 7.71. The highest BCUT2D eigenvalue weighted by Crippen LogP contribution is 2.65. The third-order valence-corrected chi connectivity index (χ3v) is 6.80. The summed E-state index contributed by atoms with van der Waals surface area (Å²) in [5.74, 6) is 0.872. The summed E-state index contributed by atoms with van der Waals surface area (Å²) < 4.78 is 0. The highest BCUT2D eigenvalue weighted by Gasteiger charge is 2.61. The molecule has 110 valence electrons. The highest BCUT2D eigenvalue weighted by atomic mass is 15.0. The summed E-state index contributed by atoms with van der Waals surface area (Å²) in [7, 11) is 0. The standard InChI is InChI=1S/C19H24N2/c1-18(2)14-7-9-19(18,3)17(11-14)21-16-6-4-5-13-12-20-10-8-15(13)16/h4-6,8,10,12,14,17,21H,7,9,11H2,1-3H3. The van der Waals surface area contributed by atoms with Crippen LogP contribution in [-0.2, 0) is 0 Å². The number of nitrogens with zero attached hydrogens (tertiary/aromatic N) is 1. The Bertz CT molecular complexity index is 686. The monoisotopic (exact) mass is 280 g/mol. The van der Waals surface area contributed by atoms with Gasteiger partial charge in [0.25, 0.3) is 0 Å². The van der Waals surface area contributed by atoms with Gasteiger partial charge in [-0.25, -0.2) is 0 Å². The molecule has 2 nitrogen and oxygen atoms in total. The van der Waals surface area contributed by atoms with Crippen molar-refractivity contribution < 1.29 is 0 Å². The van der Waals surface area contributed by atoms with Gasteiger partial charge in [-0.15, -0.1) is 0 Å². The van der Waals surface area contributed by atoms with Gasteiger partial charge >= 0.3 is 0 Å². The molecule has 0 saturated heterocycles. The van der Waals surface area contributed by atoms with Gasteiger partial charge in [-0.3, -0.25) is 4.98 Å². The predicted molar refractivity (Wildman–Crippen MR) is 88.4 cm³/mol. The molecular formula is C19H24N2. The van der Waals surface area contributed by atoms with E-state index in [1.807, 2.05) is 12.4 Å². The van der Waals surface area contributed by atoms with Gasteiger partial charge in [-0.1, -0.05) is 32.9 Å². The zero-order chi connectivity index (χ0) is 14.7. The van der Waals surface area contributed by atoms with Crippen LogP contribution in [0, 0.1) is 16.7 Å². The minimum atomic E-state index is 0.410. The lowest BCUT2D eigenvalue weighted by atomic mass is 9.69. The van der Waals surface area contributed by atoms with Crippen molar-refractivity contribution in [2.75, 3.05) is 5.32 Å². The maximum atomic E-state index is 4.23. The van der Waals surface area contributed by atoms with E-state index < -0.39 is 0 Å². The van der Waals surface area contributed by atoms with Gasteiger partial charge in [0.2, 0.25) is 0 Å². The van der Waals surface area contributed by atoms with E-state index in [9.17, 15) is 0 Å². The third kappa shape index (κ3) is 1.68. The molecule has 3 unspecified atom stereocenters. The molecular weight excluding hydrogens is 256 g/mol. The van der Waals surface area contributed by atoms with Gasteiger partial charge in [0.15, 0.2) is 0 Å². The quantitative estimate of drug-likeness (QED) is 0.849. The number of rotatable bonds is 2. The molecule has 2 heteroatoms. The smallest absolute Gasteiger partial charge is 0.0423 e. The molecule has 3 atom stereocenters. The topological polar surface area (TPSA) is 24.9 Å². The number of anilines is 1. The maximum Gasteiger partial charge on any atom is 0.0423 e. The molecule has 0 spiro atoms. The maximum absolute atomic E-state index is 4.23. The fraction of sp³-hybridized carbons (Fsp3) is 0.526. The molecule has 2 aromatic rings. The molecule has 2 fully saturated rings.